The van der Waals surface area contributed by atoms with Gasteiger partial charge in [0.15, 0.2) is 13.2 Å². The van der Waals surface area contributed by atoms with E-state index in [0.29, 0.717) is 11.3 Å². The van der Waals surface area contributed by atoms with E-state index in [-0.39, 0.29) is 18.0 Å². The molecular formula is C20H22N2O6. The van der Waals surface area contributed by atoms with Crippen molar-refractivity contribution < 1.29 is 24.0 Å². The molecule has 0 atom stereocenters. The molecule has 0 aromatic heterocycles. The lowest BCUT2D eigenvalue weighted by molar-refractivity contribution is -0.384. The maximum atomic E-state index is 12.0. The number of carbonyl (C=O) groups is 2. The van der Waals surface area contributed by atoms with E-state index >= 15 is 0 Å². The number of para-hydroxylation sites is 1. The Hall–Kier alpha value is -3.42. The summed E-state index contributed by atoms with van der Waals surface area (Å²) in [6.45, 7) is 6.44. The van der Waals surface area contributed by atoms with Crippen LogP contribution in [0, 0.1) is 37.8 Å². The van der Waals surface area contributed by atoms with Gasteiger partial charge in [0, 0.05) is 6.07 Å². The topological polar surface area (TPSA) is 108 Å². The van der Waals surface area contributed by atoms with E-state index in [1.165, 1.54) is 12.1 Å². The third kappa shape index (κ3) is 5.29. The summed E-state index contributed by atoms with van der Waals surface area (Å²) in [7, 11) is 0. The summed E-state index contributed by atoms with van der Waals surface area (Å²) in [6, 6.07) is 8.32. The predicted molar refractivity (Wildman–Crippen MR) is 104 cm³/mol. The number of nitro benzene ring substituents is 1. The summed E-state index contributed by atoms with van der Waals surface area (Å²) < 4.78 is 10.4. The lowest BCUT2D eigenvalue weighted by Crippen LogP contribution is -2.24. The molecule has 0 radical (unpaired) electrons. The van der Waals surface area contributed by atoms with Gasteiger partial charge < -0.3 is 14.8 Å². The number of ether oxygens (including phenoxy) is 2. The van der Waals surface area contributed by atoms with Crippen molar-refractivity contribution in [3.8, 4) is 5.75 Å². The Labute approximate surface area is 162 Å². The van der Waals surface area contributed by atoms with Gasteiger partial charge >= 0.3 is 5.97 Å². The van der Waals surface area contributed by atoms with E-state index in [1.807, 2.05) is 32.9 Å². The molecule has 8 heteroatoms. The van der Waals surface area contributed by atoms with Crippen molar-refractivity contribution in [1.29, 1.82) is 0 Å². The van der Waals surface area contributed by atoms with Crippen LogP contribution in [0.2, 0.25) is 0 Å². The summed E-state index contributed by atoms with van der Waals surface area (Å²) >= 11 is 0. The van der Waals surface area contributed by atoms with E-state index in [9.17, 15) is 19.7 Å². The number of esters is 1. The van der Waals surface area contributed by atoms with E-state index < -0.39 is 23.4 Å². The van der Waals surface area contributed by atoms with Gasteiger partial charge in [-0.25, -0.2) is 4.79 Å². The Morgan fingerprint density at radius 1 is 1.04 bits per heavy atom. The number of hydrogen-bond donors (Lipinski definition) is 1. The lowest BCUT2D eigenvalue weighted by Gasteiger charge is -2.13. The second-order valence-corrected chi connectivity index (χ2v) is 6.45. The van der Waals surface area contributed by atoms with E-state index in [1.54, 1.807) is 13.0 Å². The Bertz CT molecular complexity index is 900. The maximum absolute atomic E-state index is 12.0. The van der Waals surface area contributed by atoms with E-state index in [4.69, 9.17) is 9.47 Å². The highest BCUT2D eigenvalue weighted by Gasteiger charge is 2.18. The van der Waals surface area contributed by atoms with Crippen LogP contribution >= 0.6 is 0 Å². The van der Waals surface area contributed by atoms with E-state index in [2.05, 4.69) is 5.32 Å². The second kappa shape index (κ2) is 8.98. The van der Waals surface area contributed by atoms with Crippen molar-refractivity contribution in [2.24, 2.45) is 0 Å². The van der Waals surface area contributed by atoms with Gasteiger partial charge in [0.2, 0.25) is 0 Å². The van der Waals surface area contributed by atoms with E-state index in [0.717, 1.165) is 16.7 Å². The fraction of sp³-hybridized carbons (Fsp3) is 0.300. The number of hydrogen-bond acceptors (Lipinski definition) is 6. The number of rotatable bonds is 7. The summed E-state index contributed by atoms with van der Waals surface area (Å²) in [4.78, 5) is 34.4. The molecule has 2 aromatic rings. The molecule has 0 unspecified atom stereocenters. The van der Waals surface area contributed by atoms with Crippen LogP contribution < -0.4 is 10.1 Å². The van der Waals surface area contributed by atoms with Crippen LogP contribution in [-0.2, 0) is 14.3 Å². The molecule has 0 aliphatic rings. The van der Waals surface area contributed by atoms with Gasteiger partial charge in [0.1, 0.15) is 11.4 Å². The number of amides is 1. The van der Waals surface area contributed by atoms with Crippen molar-refractivity contribution in [1.82, 2.24) is 0 Å². The number of carbonyl (C=O) groups excluding carboxylic acids is 2. The van der Waals surface area contributed by atoms with Gasteiger partial charge in [-0.1, -0.05) is 29.8 Å². The summed E-state index contributed by atoms with van der Waals surface area (Å²) in [5, 5.41) is 13.5. The minimum Gasteiger partial charge on any atom is -0.481 e. The molecular weight excluding hydrogens is 364 g/mol. The zero-order chi connectivity index (χ0) is 20.8. The van der Waals surface area contributed by atoms with Crippen molar-refractivity contribution in [2.75, 3.05) is 18.5 Å². The molecule has 148 valence electrons. The Balaban J connectivity index is 1.90. The first-order valence-electron chi connectivity index (χ1n) is 8.59. The van der Waals surface area contributed by atoms with Gasteiger partial charge in [-0.2, -0.15) is 0 Å². The number of benzene rings is 2. The maximum Gasteiger partial charge on any atom is 0.344 e. The molecule has 0 aliphatic carbocycles. The molecule has 0 saturated carbocycles. The second-order valence-electron chi connectivity index (χ2n) is 6.45. The molecule has 0 saturated heterocycles. The highest BCUT2D eigenvalue weighted by Crippen LogP contribution is 2.27. The third-order valence-electron chi connectivity index (χ3n) is 4.02. The van der Waals surface area contributed by atoms with Gasteiger partial charge in [0.05, 0.1) is 4.92 Å². The van der Waals surface area contributed by atoms with Crippen LogP contribution in [-0.4, -0.2) is 30.0 Å². The summed E-state index contributed by atoms with van der Waals surface area (Å²) in [6.07, 6.45) is 0. The van der Waals surface area contributed by atoms with Crippen molar-refractivity contribution in [3.05, 3.63) is 62.7 Å². The molecule has 2 rings (SSSR count). The van der Waals surface area contributed by atoms with Gasteiger partial charge in [-0.05, 0) is 44.4 Å². The quantitative estimate of drug-likeness (QED) is 0.444. The Morgan fingerprint density at radius 3 is 2.29 bits per heavy atom. The van der Waals surface area contributed by atoms with Crippen molar-refractivity contribution in [3.63, 3.8) is 0 Å². The van der Waals surface area contributed by atoms with Crippen molar-refractivity contribution in [2.45, 2.75) is 27.7 Å². The van der Waals surface area contributed by atoms with Gasteiger partial charge in [-0.3, -0.25) is 14.9 Å². The Kier molecular flexibility index (Phi) is 6.70. The molecule has 0 heterocycles. The highest BCUT2D eigenvalue weighted by molar-refractivity contribution is 5.95. The molecule has 0 spiro atoms. The normalized spacial score (nSPS) is 10.3. The zero-order valence-electron chi connectivity index (χ0n) is 16.2. The Morgan fingerprint density at radius 2 is 1.68 bits per heavy atom. The predicted octanol–water partition coefficient (Wildman–Crippen LogP) is 3.39. The number of anilines is 1. The van der Waals surface area contributed by atoms with Crippen LogP contribution in [0.25, 0.3) is 0 Å². The average molecular weight is 386 g/mol. The first-order valence-corrected chi connectivity index (χ1v) is 8.59. The average Bonchev–Trinajstić information content (AvgIpc) is 2.60. The number of nitrogens with zero attached hydrogens (tertiary/aromatic N) is 1. The van der Waals surface area contributed by atoms with Crippen LogP contribution in [0.5, 0.6) is 5.75 Å². The first kappa shape index (κ1) is 20.9. The largest absolute Gasteiger partial charge is 0.481 e. The minimum absolute atomic E-state index is 0.0794. The monoisotopic (exact) mass is 386 g/mol. The molecule has 0 fully saturated rings. The summed E-state index contributed by atoms with van der Waals surface area (Å²) in [5.74, 6) is -0.787. The molecule has 0 bridgehead atoms. The standard InChI is InChI=1S/C20H22N2O6/c1-12-8-14(3)20(15(4)9-12)28-11-18(24)27-10-17(23)21-19-13(2)6-5-7-16(19)22(25)26/h5-9H,10-11H2,1-4H3,(H,21,23). The summed E-state index contributed by atoms with van der Waals surface area (Å²) in [5.41, 5.74) is 3.27. The fourth-order valence-electron chi connectivity index (χ4n) is 2.86. The number of nitrogens with one attached hydrogen (secondary N) is 1. The molecule has 2 aromatic carbocycles. The zero-order valence-corrected chi connectivity index (χ0v) is 16.2. The molecule has 8 nitrogen and oxygen atoms in total. The third-order valence-corrected chi connectivity index (χ3v) is 4.02. The van der Waals surface area contributed by atoms with Gasteiger partial charge in [0.25, 0.3) is 11.6 Å². The highest BCUT2D eigenvalue weighted by atomic mass is 16.6. The molecule has 0 aliphatic heterocycles. The van der Waals surface area contributed by atoms with Crippen LogP contribution in [0.3, 0.4) is 0 Å². The smallest absolute Gasteiger partial charge is 0.344 e. The molecule has 1 N–H and O–H groups in total. The molecule has 1 amide bonds. The minimum atomic E-state index is -0.714. The van der Waals surface area contributed by atoms with Crippen molar-refractivity contribution >= 4 is 23.3 Å². The van der Waals surface area contributed by atoms with Crippen LogP contribution in [0.15, 0.2) is 30.3 Å². The molecule has 28 heavy (non-hydrogen) atoms. The van der Waals surface area contributed by atoms with Crippen LogP contribution in [0.4, 0.5) is 11.4 Å². The first-order chi connectivity index (χ1) is 13.2. The number of nitro groups is 1. The van der Waals surface area contributed by atoms with Gasteiger partial charge in [-0.15, -0.1) is 0 Å². The number of aryl methyl sites for hydroxylation is 4. The SMILES string of the molecule is Cc1cc(C)c(OCC(=O)OCC(=O)Nc2c(C)cccc2[N+](=O)[O-])c(C)c1. The van der Waals surface area contributed by atoms with Crippen LogP contribution in [0.1, 0.15) is 22.3 Å². The lowest BCUT2D eigenvalue weighted by atomic mass is 10.1. The fourth-order valence-corrected chi connectivity index (χ4v) is 2.86.